The number of methoxy groups -OCH3 is 1. The summed E-state index contributed by atoms with van der Waals surface area (Å²) in [5.74, 6) is 1.10. The topological polar surface area (TPSA) is 89.1 Å². The molecule has 0 radical (unpaired) electrons. The third-order valence-electron chi connectivity index (χ3n) is 2.97. The Bertz CT molecular complexity index is 480. The van der Waals surface area contributed by atoms with Crippen LogP contribution in [0.15, 0.2) is 18.2 Å². The fourth-order valence-corrected chi connectivity index (χ4v) is 1.94. The maximum Gasteiger partial charge on any atom is 0.238 e. The summed E-state index contributed by atoms with van der Waals surface area (Å²) in [7, 11) is 1.54. The lowest BCUT2D eigenvalue weighted by molar-refractivity contribution is -0.115. The first kappa shape index (κ1) is 15.6. The summed E-state index contributed by atoms with van der Waals surface area (Å²) in [4.78, 5) is 11.8. The number of hydrogen-bond donors (Lipinski definition) is 3. The molecule has 3 N–H and O–H groups in total. The van der Waals surface area contributed by atoms with Crippen LogP contribution in [0.4, 0.5) is 5.69 Å². The zero-order valence-electron chi connectivity index (χ0n) is 11.9. The van der Waals surface area contributed by atoms with Crippen molar-refractivity contribution in [1.29, 1.82) is 0 Å². The molecule has 1 amide bonds. The number of aliphatic hydroxyl groups excluding tert-OH is 1. The Morgan fingerprint density at radius 2 is 2.14 bits per heavy atom. The minimum atomic E-state index is -0.263. The maximum atomic E-state index is 11.8. The van der Waals surface area contributed by atoms with E-state index in [0.29, 0.717) is 37.0 Å². The lowest BCUT2D eigenvalue weighted by Crippen LogP contribution is -2.41. The van der Waals surface area contributed by atoms with Gasteiger partial charge in [0.25, 0.3) is 0 Å². The van der Waals surface area contributed by atoms with E-state index < -0.39 is 0 Å². The average Bonchev–Trinajstić information content (AvgIpc) is 2.51. The van der Waals surface area contributed by atoms with Gasteiger partial charge < -0.3 is 30.0 Å². The van der Waals surface area contributed by atoms with E-state index in [1.165, 1.54) is 0 Å². The van der Waals surface area contributed by atoms with Crippen molar-refractivity contribution in [3.63, 3.8) is 0 Å². The molecular weight excluding hydrogens is 276 g/mol. The molecule has 0 aliphatic carbocycles. The number of ether oxygens (including phenoxy) is 3. The molecule has 1 aromatic carbocycles. The molecule has 7 heteroatoms. The minimum Gasteiger partial charge on any atom is -0.486 e. The zero-order chi connectivity index (χ0) is 15.1. The molecule has 0 saturated heterocycles. The predicted molar refractivity (Wildman–Crippen MR) is 76.8 cm³/mol. The van der Waals surface area contributed by atoms with Crippen molar-refractivity contribution < 1.29 is 24.1 Å². The molecule has 0 spiro atoms. The van der Waals surface area contributed by atoms with Crippen LogP contribution in [0.25, 0.3) is 0 Å². The van der Waals surface area contributed by atoms with Crippen molar-refractivity contribution in [2.45, 2.75) is 6.04 Å². The Morgan fingerprint density at radius 1 is 1.38 bits per heavy atom. The molecule has 1 atom stereocenters. The minimum absolute atomic E-state index is 0.0863. The van der Waals surface area contributed by atoms with Gasteiger partial charge in [0.1, 0.15) is 13.2 Å². The average molecular weight is 296 g/mol. The van der Waals surface area contributed by atoms with Crippen molar-refractivity contribution in [2.75, 3.05) is 45.4 Å². The Labute approximate surface area is 123 Å². The van der Waals surface area contributed by atoms with Crippen LogP contribution >= 0.6 is 0 Å². The van der Waals surface area contributed by atoms with Gasteiger partial charge in [0, 0.05) is 18.9 Å². The van der Waals surface area contributed by atoms with Crippen molar-refractivity contribution in [1.82, 2.24) is 5.32 Å². The number of nitrogens with one attached hydrogen (secondary N) is 2. The van der Waals surface area contributed by atoms with Crippen LogP contribution in [0.3, 0.4) is 0 Å². The molecule has 0 aromatic heterocycles. The van der Waals surface area contributed by atoms with Gasteiger partial charge in [-0.25, -0.2) is 0 Å². The summed E-state index contributed by atoms with van der Waals surface area (Å²) in [6, 6.07) is 4.98. The number of benzene rings is 1. The molecule has 21 heavy (non-hydrogen) atoms. The van der Waals surface area contributed by atoms with Gasteiger partial charge in [-0.3, -0.25) is 4.79 Å². The molecule has 1 aromatic rings. The summed E-state index contributed by atoms with van der Waals surface area (Å²) in [6.07, 6.45) is 0. The van der Waals surface area contributed by atoms with Crippen LogP contribution in [0.1, 0.15) is 0 Å². The Hall–Kier alpha value is -1.83. The molecule has 1 heterocycles. The fraction of sp³-hybridized carbons (Fsp3) is 0.500. The molecule has 7 nitrogen and oxygen atoms in total. The van der Waals surface area contributed by atoms with Crippen molar-refractivity contribution >= 4 is 11.6 Å². The Morgan fingerprint density at radius 3 is 2.86 bits per heavy atom. The highest BCUT2D eigenvalue weighted by atomic mass is 16.6. The van der Waals surface area contributed by atoms with E-state index in [2.05, 4.69) is 10.6 Å². The number of amides is 1. The number of carbonyl (C=O) groups is 1. The van der Waals surface area contributed by atoms with Crippen molar-refractivity contribution in [2.24, 2.45) is 0 Å². The van der Waals surface area contributed by atoms with Gasteiger partial charge in [0.2, 0.25) is 5.91 Å². The third-order valence-corrected chi connectivity index (χ3v) is 2.97. The van der Waals surface area contributed by atoms with Gasteiger partial charge in [0.05, 0.1) is 25.8 Å². The van der Waals surface area contributed by atoms with Crippen LogP contribution in [-0.4, -0.2) is 57.1 Å². The van der Waals surface area contributed by atoms with Gasteiger partial charge in [0.15, 0.2) is 11.5 Å². The first-order valence-corrected chi connectivity index (χ1v) is 6.75. The monoisotopic (exact) mass is 296 g/mol. The Kier molecular flexibility index (Phi) is 5.79. The number of rotatable bonds is 7. The summed E-state index contributed by atoms with van der Waals surface area (Å²) in [5.41, 5.74) is 0.637. The van der Waals surface area contributed by atoms with Crippen LogP contribution in [0.5, 0.6) is 11.5 Å². The van der Waals surface area contributed by atoms with Crippen LogP contribution in [0, 0.1) is 0 Å². The highest BCUT2D eigenvalue weighted by molar-refractivity contribution is 5.92. The standard InChI is InChI=1S/C14H20N2O5/c1-19-9-11(8-17)15-7-14(18)16-10-2-3-12-13(6-10)21-5-4-20-12/h2-3,6,11,15,17H,4-5,7-9H2,1H3,(H,16,18). The first-order chi connectivity index (χ1) is 10.2. The summed E-state index contributed by atoms with van der Waals surface area (Å²) < 4.78 is 15.8. The maximum absolute atomic E-state index is 11.8. The fourth-order valence-electron chi connectivity index (χ4n) is 1.94. The highest BCUT2D eigenvalue weighted by Gasteiger charge is 2.13. The Balaban J connectivity index is 1.85. The molecule has 1 aliphatic heterocycles. The van der Waals surface area contributed by atoms with E-state index >= 15 is 0 Å². The van der Waals surface area contributed by atoms with E-state index in [0.717, 1.165) is 0 Å². The normalized spacial score (nSPS) is 14.6. The van der Waals surface area contributed by atoms with Gasteiger partial charge in [-0.15, -0.1) is 0 Å². The molecule has 1 aliphatic rings. The van der Waals surface area contributed by atoms with Gasteiger partial charge >= 0.3 is 0 Å². The number of fused-ring (bicyclic) bond motifs is 1. The van der Waals surface area contributed by atoms with Crippen molar-refractivity contribution in [3.8, 4) is 11.5 Å². The summed E-state index contributed by atoms with van der Waals surface area (Å²) in [5, 5.41) is 14.8. The summed E-state index contributed by atoms with van der Waals surface area (Å²) in [6.45, 7) is 1.37. The smallest absolute Gasteiger partial charge is 0.238 e. The van der Waals surface area contributed by atoms with Crippen LogP contribution < -0.4 is 20.1 Å². The molecule has 0 saturated carbocycles. The molecule has 2 rings (SSSR count). The van der Waals surface area contributed by atoms with Gasteiger partial charge in [-0.05, 0) is 12.1 Å². The summed E-state index contributed by atoms with van der Waals surface area (Å²) >= 11 is 0. The van der Waals surface area contributed by atoms with Crippen LogP contribution in [-0.2, 0) is 9.53 Å². The molecule has 0 fully saturated rings. The molecule has 0 bridgehead atoms. The third kappa shape index (κ3) is 4.59. The SMILES string of the molecule is COCC(CO)NCC(=O)Nc1ccc2c(c1)OCCO2. The quantitative estimate of drug-likeness (QED) is 0.656. The largest absolute Gasteiger partial charge is 0.486 e. The van der Waals surface area contributed by atoms with E-state index in [9.17, 15) is 4.79 Å². The molecule has 1 unspecified atom stereocenters. The highest BCUT2D eigenvalue weighted by Crippen LogP contribution is 2.32. The van der Waals surface area contributed by atoms with E-state index in [-0.39, 0.29) is 25.1 Å². The number of aliphatic hydroxyl groups is 1. The van der Waals surface area contributed by atoms with E-state index in [1.54, 1.807) is 25.3 Å². The van der Waals surface area contributed by atoms with Gasteiger partial charge in [-0.1, -0.05) is 0 Å². The van der Waals surface area contributed by atoms with Gasteiger partial charge in [-0.2, -0.15) is 0 Å². The second-order valence-corrected chi connectivity index (χ2v) is 4.62. The predicted octanol–water partition coefficient (Wildman–Crippen LogP) is -0.00680. The second kappa shape index (κ2) is 7.82. The second-order valence-electron chi connectivity index (χ2n) is 4.62. The molecular formula is C14H20N2O5. The van der Waals surface area contributed by atoms with Crippen molar-refractivity contribution in [3.05, 3.63) is 18.2 Å². The lowest BCUT2D eigenvalue weighted by atomic mass is 10.2. The zero-order valence-corrected chi connectivity index (χ0v) is 11.9. The first-order valence-electron chi connectivity index (χ1n) is 6.75. The van der Waals surface area contributed by atoms with E-state index in [1.807, 2.05) is 0 Å². The number of anilines is 1. The lowest BCUT2D eigenvalue weighted by Gasteiger charge is -2.19. The number of carbonyl (C=O) groups excluding carboxylic acids is 1. The molecule has 116 valence electrons. The van der Waals surface area contributed by atoms with Crippen LogP contribution in [0.2, 0.25) is 0 Å². The number of hydrogen-bond acceptors (Lipinski definition) is 6. The van der Waals surface area contributed by atoms with E-state index in [4.69, 9.17) is 19.3 Å².